The summed E-state index contributed by atoms with van der Waals surface area (Å²) in [5.41, 5.74) is 0. The SMILES string of the molecule is CNCCCNC(=O)NC1CCOC1. The Bertz CT molecular complexity index is 169. The van der Waals surface area contributed by atoms with Gasteiger partial charge in [0.1, 0.15) is 0 Å². The molecule has 0 saturated carbocycles. The molecule has 1 aliphatic heterocycles. The first-order valence-corrected chi connectivity index (χ1v) is 5.09. The van der Waals surface area contributed by atoms with E-state index in [9.17, 15) is 4.79 Å². The molecule has 0 aromatic rings. The first-order valence-electron chi connectivity index (χ1n) is 5.09. The summed E-state index contributed by atoms with van der Waals surface area (Å²) >= 11 is 0. The molecule has 14 heavy (non-hydrogen) atoms. The highest BCUT2D eigenvalue weighted by Gasteiger charge is 2.16. The predicted molar refractivity (Wildman–Crippen MR) is 54.3 cm³/mol. The molecule has 2 amide bonds. The van der Waals surface area contributed by atoms with E-state index in [1.54, 1.807) is 0 Å². The number of amides is 2. The van der Waals surface area contributed by atoms with Crippen molar-refractivity contribution in [3.63, 3.8) is 0 Å². The number of ether oxygens (including phenoxy) is 1. The summed E-state index contributed by atoms with van der Waals surface area (Å²) in [5.74, 6) is 0. The summed E-state index contributed by atoms with van der Waals surface area (Å²) in [5, 5.41) is 8.68. The molecule has 0 radical (unpaired) electrons. The van der Waals surface area contributed by atoms with Crippen molar-refractivity contribution in [1.29, 1.82) is 0 Å². The second-order valence-electron chi connectivity index (χ2n) is 3.42. The number of hydrogen-bond donors (Lipinski definition) is 3. The molecular weight excluding hydrogens is 182 g/mol. The van der Waals surface area contributed by atoms with Gasteiger partial charge in [0.2, 0.25) is 0 Å². The highest BCUT2D eigenvalue weighted by atomic mass is 16.5. The zero-order valence-corrected chi connectivity index (χ0v) is 8.64. The highest BCUT2D eigenvalue weighted by molar-refractivity contribution is 5.74. The Kier molecular flexibility index (Phi) is 5.32. The molecule has 0 aromatic carbocycles. The van der Waals surface area contributed by atoms with Crippen LogP contribution in [0, 0.1) is 0 Å². The molecular formula is C9H19N3O2. The van der Waals surface area contributed by atoms with E-state index in [4.69, 9.17) is 4.74 Å². The van der Waals surface area contributed by atoms with Gasteiger partial charge in [-0.1, -0.05) is 0 Å². The van der Waals surface area contributed by atoms with Crippen molar-refractivity contribution in [3.8, 4) is 0 Å². The standard InChI is InChI=1S/C9H19N3O2/c1-10-4-2-5-11-9(13)12-8-3-6-14-7-8/h8,10H,2-7H2,1H3,(H2,11,12,13). The number of rotatable bonds is 5. The van der Waals surface area contributed by atoms with Crippen molar-refractivity contribution in [2.45, 2.75) is 18.9 Å². The molecule has 3 N–H and O–H groups in total. The topological polar surface area (TPSA) is 62.4 Å². The van der Waals surface area contributed by atoms with Crippen LogP contribution in [0.5, 0.6) is 0 Å². The molecule has 1 fully saturated rings. The lowest BCUT2D eigenvalue weighted by molar-refractivity contribution is 0.188. The summed E-state index contributed by atoms with van der Waals surface area (Å²) in [7, 11) is 1.90. The Morgan fingerprint density at radius 1 is 1.50 bits per heavy atom. The minimum Gasteiger partial charge on any atom is -0.379 e. The van der Waals surface area contributed by atoms with E-state index in [0.717, 1.165) is 26.0 Å². The molecule has 1 unspecified atom stereocenters. The van der Waals surface area contributed by atoms with E-state index in [1.807, 2.05) is 7.05 Å². The molecule has 5 nitrogen and oxygen atoms in total. The van der Waals surface area contributed by atoms with Crippen LogP contribution < -0.4 is 16.0 Å². The Morgan fingerprint density at radius 2 is 2.36 bits per heavy atom. The first-order chi connectivity index (χ1) is 6.83. The van der Waals surface area contributed by atoms with Crippen molar-refractivity contribution in [3.05, 3.63) is 0 Å². The van der Waals surface area contributed by atoms with Crippen molar-refractivity contribution in [2.24, 2.45) is 0 Å². The minimum absolute atomic E-state index is 0.0865. The van der Waals surface area contributed by atoms with Gasteiger partial charge in [-0.3, -0.25) is 0 Å². The number of urea groups is 1. The summed E-state index contributed by atoms with van der Waals surface area (Å²) in [4.78, 5) is 11.3. The van der Waals surface area contributed by atoms with Gasteiger partial charge in [-0.25, -0.2) is 4.79 Å². The van der Waals surface area contributed by atoms with Crippen LogP contribution in [0.1, 0.15) is 12.8 Å². The predicted octanol–water partition coefficient (Wildman–Crippen LogP) is -0.316. The number of carbonyl (C=O) groups is 1. The van der Waals surface area contributed by atoms with Crippen LogP contribution in [0.15, 0.2) is 0 Å². The molecule has 0 aliphatic carbocycles. The van der Waals surface area contributed by atoms with E-state index in [1.165, 1.54) is 0 Å². The first kappa shape index (κ1) is 11.3. The molecule has 1 saturated heterocycles. The maximum atomic E-state index is 11.3. The normalized spacial score (nSPS) is 20.8. The van der Waals surface area contributed by atoms with Gasteiger partial charge in [-0.15, -0.1) is 0 Å². The average molecular weight is 201 g/mol. The summed E-state index contributed by atoms with van der Waals surface area (Å²) in [6, 6.07) is 0.107. The summed E-state index contributed by atoms with van der Waals surface area (Å²) in [6.07, 6.45) is 1.87. The Labute approximate surface area is 84.6 Å². The molecule has 1 rings (SSSR count). The molecule has 0 aromatic heterocycles. The van der Waals surface area contributed by atoms with Crippen LogP contribution in [0.3, 0.4) is 0 Å². The van der Waals surface area contributed by atoms with E-state index in [0.29, 0.717) is 13.2 Å². The Morgan fingerprint density at radius 3 is 3.00 bits per heavy atom. The van der Waals surface area contributed by atoms with Gasteiger partial charge in [-0.2, -0.15) is 0 Å². The number of hydrogen-bond acceptors (Lipinski definition) is 3. The minimum atomic E-state index is -0.0865. The molecule has 82 valence electrons. The third kappa shape index (κ3) is 4.43. The molecule has 1 heterocycles. The van der Waals surface area contributed by atoms with Gasteiger partial charge in [0.15, 0.2) is 0 Å². The van der Waals surface area contributed by atoms with Crippen LogP contribution in [-0.4, -0.2) is 45.4 Å². The zero-order valence-electron chi connectivity index (χ0n) is 8.64. The Balaban J connectivity index is 1.98. The lowest BCUT2D eigenvalue weighted by Crippen LogP contribution is -2.42. The number of nitrogens with one attached hydrogen (secondary N) is 3. The lowest BCUT2D eigenvalue weighted by Gasteiger charge is -2.11. The number of carbonyl (C=O) groups excluding carboxylic acids is 1. The van der Waals surface area contributed by atoms with Gasteiger partial charge in [0.25, 0.3) is 0 Å². The van der Waals surface area contributed by atoms with Crippen molar-refractivity contribution in [1.82, 2.24) is 16.0 Å². The molecule has 0 spiro atoms. The van der Waals surface area contributed by atoms with Gasteiger partial charge in [-0.05, 0) is 26.4 Å². The van der Waals surface area contributed by atoms with Gasteiger partial charge in [0, 0.05) is 13.2 Å². The fourth-order valence-electron chi connectivity index (χ4n) is 1.35. The van der Waals surface area contributed by atoms with E-state index in [-0.39, 0.29) is 12.1 Å². The zero-order chi connectivity index (χ0) is 10.2. The van der Waals surface area contributed by atoms with E-state index >= 15 is 0 Å². The second-order valence-corrected chi connectivity index (χ2v) is 3.42. The van der Waals surface area contributed by atoms with Crippen molar-refractivity contribution < 1.29 is 9.53 Å². The molecule has 0 bridgehead atoms. The molecule has 5 heteroatoms. The second kappa shape index (κ2) is 6.62. The van der Waals surface area contributed by atoms with Crippen LogP contribution >= 0.6 is 0 Å². The smallest absolute Gasteiger partial charge is 0.315 e. The molecule has 1 aliphatic rings. The van der Waals surface area contributed by atoms with Gasteiger partial charge < -0.3 is 20.7 Å². The van der Waals surface area contributed by atoms with Crippen LogP contribution in [0.25, 0.3) is 0 Å². The third-order valence-corrected chi connectivity index (χ3v) is 2.15. The van der Waals surface area contributed by atoms with Crippen molar-refractivity contribution in [2.75, 3.05) is 33.4 Å². The maximum absolute atomic E-state index is 11.3. The van der Waals surface area contributed by atoms with Crippen LogP contribution in [0.4, 0.5) is 4.79 Å². The van der Waals surface area contributed by atoms with Crippen LogP contribution in [0.2, 0.25) is 0 Å². The maximum Gasteiger partial charge on any atom is 0.315 e. The summed E-state index contributed by atoms with van der Waals surface area (Å²) in [6.45, 7) is 3.03. The van der Waals surface area contributed by atoms with Gasteiger partial charge in [0.05, 0.1) is 12.6 Å². The quantitative estimate of drug-likeness (QED) is 0.534. The largest absolute Gasteiger partial charge is 0.379 e. The highest BCUT2D eigenvalue weighted by Crippen LogP contribution is 2.02. The van der Waals surface area contributed by atoms with Gasteiger partial charge >= 0.3 is 6.03 Å². The molecule has 1 atom stereocenters. The fraction of sp³-hybridized carbons (Fsp3) is 0.889. The Hall–Kier alpha value is -0.810. The van der Waals surface area contributed by atoms with Crippen LogP contribution in [-0.2, 0) is 4.74 Å². The third-order valence-electron chi connectivity index (χ3n) is 2.15. The fourth-order valence-corrected chi connectivity index (χ4v) is 1.35. The summed E-state index contributed by atoms with van der Waals surface area (Å²) < 4.78 is 5.15. The monoisotopic (exact) mass is 201 g/mol. The van der Waals surface area contributed by atoms with Crippen molar-refractivity contribution >= 4 is 6.03 Å². The van der Waals surface area contributed by atoms with E-state index < -0.39 is 0 Å². The lowest BCUT2D eigenvalue weighted by atomic mass is 10.3. The average Bonchev–Trinajstić information content (AvgIpc) is 2.65. The van der Waals surface area contributed by atoms with E-state index in [2.05, 4.69) is 16.0 Å².